The predicted octanol–water partition coefficient (Wildman–Crippen LogP) is 0.0708. The van der Waals surface area contributed by atoms with Gasteiger partial charge in [0, 0.05) is 26.7 Å². The maximum atomic E-state index is 11.9. The van der Waals surface area contributed by atoms with Crippen molar-refractivity contribution in [2.45, 2.75) is 30.8 Å². The molecule has 0 saturated carbocycles. The lowest BCUT2D eigenvalue weighted by Crippen LogP contribution is -2.41. The van der Waals surface area contributed by atoms with Crippen LogP contribution in [0.3, 0.4) is 0 Å². The highest BCUT2D eigenvalue weighted by Crippen LogP contribution is 2.26. The Morgan fingerprint density at radius 2 is 2.04 bits per heavy atom. The number of ether oxygens (including phenoxy) is 1. The van der Waals surface area contributed by atoms with Gasteiger partial charge in [0.2, 0.25) is 11.9 Å². The van der Waals surface area contributed by atoms with Crippen LogP contribution in [0.25, 0.3) is 0 Å². The summed E-state index contributed by atoms with van der Waals surface area (Å²) in [6, 6.07) is -0.520. The molecule has 0 radical (unpaired) electrons. The molecule has 0 unspecified atom stereocenters. The minimum absolute atomic E-state index is 0.368. The number of anilines is 1. The number of morpholine rings is 1. The van der Waals surface area contributed by atoms with E-state index in [1.54, 1.807) is 6.92 Å². The molecule has 3 amide bonds. The Bertz CT molecular complexity index is 558. The molecule has 0 spiro atoms. The van der Waals surface area contributed by atoms with Gasteiger partial charge in [-0.3, -0.25) is 14.7 Å². The first kappa shape index (κ1) is 17.5. The Balaban J connectivity index is 2.06. The van der Waals surface area contributed by atoms with Crippen LogP contribution in [0.5, 0.6) is 0 Å². The number of urea groups is 1. The van der Waals surface area contributed by atoms with Crippen LogP contribution < -0.4 is 15.5 Å². The van der Waals surface area contributed by atoms with Crippen LogP contribution >= 0.6 is 11.8 Å². The molecule has 0 aromatic carbocycles. The molecule has 128 valence electrons. The summed E-state index contributed by atoms with van der Waals surface area (Å²) in [6.07, 6.45) is 0. The van der Waals surface area contributed by atoms with Gasteiger partial charge in [-0.15, -0.1) is 10.2 Å². The lowest BCUT2D eigenvalue weighted by atomic mass is 10.4. The number of amides is 3. The van der Waals surface area contributed by atoms with E-state index in [1.165, 1.54) is 18.8 Å². The van der Waals surface area contributed by atoms with Crippen LogP contribution in [0.4, 0.5) is 10.7 Å². The minimum Gasteiger partial charge on any atom is -0.378 e. The normalized spacial score (nSPS) is 16.0. The average Bonchev–Trinajstić information content (AvgIpc) is 2.97. The number of hydrogen-bond acceptors (Lipinski definition) is 7. The zero-order chi connectivity index (χ0) is 16.8. The topological polar surface area (TPSA) is 101 Å². The fourth-order valence-corrected chi connectivity index (χ4v) is 3.04. The van der Waals surface area contributed by atoms with E-state index in [1.807, 2.05) is 11.5 Å². The lowest BCUT2D eigenvalue weighted by Gasteiger charge is -2.27. The lowest BCUT2D eigenvalue weighted by molar-refractivity contribution is -0.119. The second-order valence-corrected chi connectivity index (χ2v) is 6.26. The molecule has 2 heterocycles. The van der Waals surface area contributed by atoms with Gasteiger partial charge < -0.3 is 15.0 Å². The summed E-state index contributed by atoms with van der Waals surface area (Å²) in [5, 5.41) is 13.3. The van der Waals surface area contributed by atoms with Gasteiger partial charge in [-0.05, 0) is 13.8 Å². The molecule has 1 aromatic heterocycles. The van der Waals surface area contributed by atoms with Crippen LogP contribution in [0, 0.1) is 0 Å². The van der Waals surface area contributed by atoms with Crippen molar-refractivity contribution < 1.29 is 14.3 Å². The van der Waals surface area contributed by atoms with Crippen molar-refractivity contribution in [2.75, 3.05) is 38.3 Å². The largest absolute Gasteiger partial charge is 0.378 e. The molecule has 0 aliphatic carbocycles. The van der Waals surface area contributed by atoms with E-state index in [4.69, 9.17) is 4.74 Å². The van der Waals surface area contributed by atoms with Crippen LogP contribution in [-0.2, 0) is 16.1 Å². The number of nitrogens with one attached hydrogen (secondary N) is 2. The number of thioether (sulfide) groups is 1. The summed E-state index contributed by atoms with van der Waals surface area (Å²) in [7, 11) is 1.46. The van der Waals surface area contributed by atoms with E-state index >= 15 is 0 Å². The molecular formula is C13H22N6O3S. The highest BCUT2D eigenvalue weighted by molar-refractivity contribution is 8.00. The van der Waals surface area contributed by atoms with Gasteiger partial charge in [-0.1, -0.05) is 11.8 Å². The van der Waals surface area contributed by atoms with Crippen LogP contribution in [-0.4, -0.2) is 65.3 Å². The first-order chi connectivity index (χ1) is 11.1. The molecule has 1 saturated heterocycles. The summed E-state index contributed by atoms with van der Waals surface area (Å²) >= 11 is 1.28. The van der Waals surface area contributed by atoms with E-state index in [0.717, 1.165) is 19.0 Å². The van der Waals surface area contributed by atoms with Crippen molar-refractivity contribution in [1.82, 2.24) is 25.4 Å². The molecule has 1 atom stereocenters. The molecule has 0 bridgehead atoms. The van der Waals surface area contributed by atoms with E-state index in [9.17, 15) is 9.59 Å². The fraction of sp³-hybridized carbons (Fsp3) is 0.692. The van der Waals surface area contributed by atoms with Gasteiger partial charge in [0.25, 0.3) is 0 Å². The molecule has 2 rings (SSSR count). The Kier molecular flexibility index (Phi) is 6.22. The van der Waals surface area contributed by atoms with E-state index in [0.29, 0.717) is 24.9 Å². The molecular weight excluding hydrogens is 320 g/mol. The maximum Gasteiger partial charge on any atom is 0.321 e. The van der Waals surface area contributed by atoms with Crippen LogP contribution in [0.15, 0.2) is 5.16 Å². The van der Waals surface area contributed by atoms with Crippen molar-refractivity contribution in [3.05, 3.63) is 0 Å². The molecule has 1 aliphatic heterocycles. The average molecular weight is 342 g/mol. The number of carbonyl (C=O) groups excluding carboxylic acids is 2. The fourth-order valence-electron chi connectivity index (χ4n) is 2.13. The van der Waals surface area contributed by atoms with Crippen LogP contribution in [0.2, 0.25) is 0 Å². The van der Waals surface area contributed by atoms with Gasteiger partial charge in [0.15, 0.2) is 5.16 Å². The molecule has 9 nitrogen and oxygen atoms in total. The highest BCUT2D eigenvalue weighted by atomic mass is 32.2. The van der Waals surface area contributed by atoms with E-state index in [-0.39, 0.29) is 5.91 Å². The highest BCUT2D eigenvalue weighted by Gasteiger charge is 2.23. The monoisotopic (exact) mass is 342 g/mol. The Morgan fingerprint density at radius 1 is 1.35 bits per heavy atom. The first-order valence-corrected chi connectivity index (χ1v) is 8.39. The Morgan fingerprint density at radius 3 is 2.65 bits per heavy atom. The molecule has 2 N–H and O–H groups in total. The molecule has 1 aromatic rings. The summed E-state index contributed by atoms with van der Waals surface area (Å²) in [4.78, 5) is 25.3. The third-order valence-electron chi connectivity index (χ3n) is 3.42. The number of hydrogen-bond donors (Lipinski definition) is 2. The quantitative estimate of drug-likeness (QED) is 0.730. The van der Waals surface area contributed by atoms with Gasteiger partial charge in [0.1, 0.15) is 0 Å². The summed E-state index contributed by atoms with van der Waals surface area (Å²) in [6.45, 7) is 7.32. The Labute approximate surface area is 139 Å². The van der Waals surface area contributed by atoms with Gasteiger partial charge in [-0.25, -0.2) is 4.79 Å². The van der Waals surface area contributed by atoms with E-state index < -0.39 is 11.3 Å². The zero-order valence-electron chi connectivity index (χ0n) is 13.5. The molecule has 1 fully saturated rings. The number of nitrogens with zero attached hydrogens (tertiary/aromatic N) is 4. The zero-order valence-corrected chi connectivity index (χ0v) is 14.4. The standard InChI is InChI=1S/C13H22N6O3S/c1-4-19-12(18-5-7-22-8-6-18)16-17-13(19)23-9(2)10(20)15-11(21)14-3/h9H,4-8H2,1-3H3,(H2,14,15,20,21)/t9-/m1/s1. The second kappa shape index (κ2) is 8.16. The van der Waals surface area contributed by atoms with Gasteiger partial charge in [-0.2, -0.15) is 0 Å². The van der Waals surface area contributed by atoms with Crippen molar-refractivity contribution in [1.29, 1.82) is 0 Å². The first-order valence-electron chi connectivity index (χ1n) is 7.52. The summed E-state index contributed by atoms with van der Waals surface area (Å²) in [5.41, 5.74) is 0. The minimum atomic E-state index is -0.520. The second-order valence-electron chi connectivity index (χ2n) is 4.95. The number of carbonyl (C=O) groups is 2. The summed E-state index contributed by atoms with van der Waals surface area (Å²) in [5.74, 6) is 0.421. The smallest absolute Gasteiger partial charge is 0.321 e. The third-order valence-corrected chi connectivity index (χ3v) is 4.50. The van der Waals surface area contributed by atoms with Crippen LogP contribution in [0.1, 0.15) is 13.8 Å². The molecule has 23 heavy (non-hydrogen) atoms. The molecule has 10 heteroatoms. The van der Waals surface area contributed by atoms with Gasteiger partial charge in [0.05, 0.1) is 18.5 Å². The Hall–Kier alpha value is -1.81. The van der Waals surface area contributed by atoms with Gasteiger partial charge >= 0.3 is 6.03 Å². The van der Waals surface area contributed by atoms with E-state index in [2.05, 4.69) is 25.7 Å². The molecule has 1 aliphatic rings. The van der Waals surface area contributed by atoms with Crippen molar-refractivity contribution in [3.8, 4) is 0 Å². The predicted molar refractivity (Wildman–Crippen MR) is 86.6 cm³/mol. The van der Waals surface area contributed by atoms with Crippen molar-refractivity contribution in [3.63, 3.8) is 0 Å². The number of aromatic nitrogens is 3. The SMILES string of the molecule is CCn1c(S[C@H](C)C(=O)NC(=O)NC)nnc1N1CCOCC1. The number of imide groups is 1. The maximum absolute atomic E-state index is 11.9. The third kappa shape index (κ3) is 4.35. The number of rotatable bonds is 5. The van der Waals surface area contributed by atoms with Crippen molar-refractivity contribution in [2.24, 2.45) is 0 Å². The summed E-state index contributed by atoms with van der Waals surface area (Å²) < 4.78 is 7.32. The van der Waals surface area contributed by atoms with Crippen molar-refractivity contribution >= 4 is 29.6 Å².